The zero-order valence-corrected chi connectivity index (χ0v) is 15.5. The zero-order chi connectivity index (χ0) is 20.1. The largest absolute Gasteiger partial charge is 0.496 e. The second-order valence-electron chi connectivity index (χ2n) is 6.59. The number of halogens is 3. The predicted octanol–water partition coefficient (Wildman–Crippen LogP) is 5.07. The first-order valence-electron chi connectivity index (χ1n) is 8.95. The van der Waals surface area contributed by atoms with Crippen molar-refractivity contribution >= 4 is 10.8 Å². The fourth-order valence-corrected chi connectivity index (χ4v) is 3.37. The minimum atomic E-state index is -4.36. The average molecular weight is 389 g/mol. The van der Waals surface area contributed by atoms with Gasteiger partial charge in [0.2, 0.25) is 0 Å². The molecule has 0 saturated heterocycles. The first-order valence-corrected chi connectivity index (χ1v) is 8.95. The Morgan fingerprint density at radius 3 is 2.39 bits per heavy atom. The summed E-state index contributed by atoms with van der Waals surface area (Å²) in [4.78, 5) is 0. The van der Waals surface area contributed by atoms with E-state index in [-0.39, 0.29) is 11.7 Å². The van der Waals surface area contributed by atoms with E-state index in [0.29, 0.717) is 13.0 Å². The molecule has 3 aromatic carbocycles. The molecule has 0 radical (unpaired) electrons. The smallest absolute Gasteiger partial charge is 0.422 e. The highest BCUT2D eigenvalue weighted by molar-refractivity contribution is 5.91. The van der Waals surface area contributed by atoms with E-state index in [1.54, 1.807) is 19.2 Å². The molecule has 0 fully saturated rings. The quantitative estimate of drug-likeness (QED) is 0.613. The van der Waals surface area contributed by atoms with Gasteiger partial charge in [0.1, 0.15) is 11.5 Å². The highest BCUT2D eigenvalue weighted by atomic mass is 19.4. The third-order valence-electron chi connectivity index (χ3n) is 4.64. The van der Waals surface area contributed by atoms with Crippen molar-refractivity contribution < 1.29 is 22.6 Å². The van der Waals surface area contributed by atoms with Gasteiger partial charge in [-0.2, -0.15) is 13.2 Å². The number of benzene rings is 3. The number of hydrogen-bond donors (Lipinski definition) is 1. The van der Waals surface area contributed by atoms with E-state index in [4.69, 9.17) is 15.2 Å². The van der Waals surface area contributed by atoms with Crippen molar-refractivity contribution in [3.63, 3.8) is 0 Å². The highest BCUT2D eigenvalue weighted by Crippen LogP contribution is 2.33. The molecule has 148 valence electrons. The Hall–Kier alpha value is -2.73. The molecule has 3 aromatic rings. The Morgan fingerprint density at radius 2 is 1.68 bits per heavy atom. The molecule has 0 bridgehead atoms. The number of ether oxygens (including phenoxy) is 2. The van der Waals surface area contributed by atoms with Crippen LogP contribution in [0.2, 0.25) is 0 Å². The van der Waals surface area contributed by atoms with E-state index in [9.17, 15) is 13.2 Å². The van der Waals surface area contributed by atoms with Crippen molar-refractivity contribution in [2.75, 3.05) is 20.3 Å². The summed E-state index contributed by atoms with van der Waals surface area (Å²) in [5.41, 5.74) is 8.01. The molecule has 0 aliphatic carbocycles. The number of alkyl halides is 3. The number of rotatable bonds is 7. The normalized spacial score (nSPS) is 12.8. The molecule has 0 spiro atoms. The van der Waals surface area contributed by atoms with Crippen LogP contribution in [0.25, 0.3) is 10.8 Å². The second kappa shape index (κ2) is 8.52. The van der Waals surface area contributed by atoms with Crippen LogP contribution in [0.5, 0.6) is 11.5 Å². The summed E-state index contributed by atoms with van der Waals surface area (Å²) < 4.78 is 47.5. The first kappa shape index (κ1) is 20.0. The van der Waals surface area contributed by atoms with E-state index in [0.717, 1.165) is 27.6 Å². The number of methoxy groups -OCH3 is 1. The van der Waals surface area contributed by atoms with Crippen LogP contribution in [0, 0.1) is 0 Å². The highest BCUT2D eigenvalue weighted by Gasteiger charge is 2.28. The van der Waals surface area contributed by atoms with E-state index in [1.807, 2.05) is 42.5 Å². The van der Waals surface area contributed by atoms with Crippen molar-refractivity contribution in [3.05, 3.63) is 71.8 Å². The summed E-state index contributed by atoms with van der Waals surface area (Å²) in [7, 11) is 1.63. The summed E-state index contributed by atoms with van der Waals surface area (Å²) in [5, 5.41) is 2.06. The lowest BCUT2D eigenvalue weighted by atomic mass is 9.88. The molecule has 0 heterocycles. The number of nitrogens with two attached hydrogens (primary N) is 1. The second-order valence-corrected chi connectivity index (χ2v) is 6.59. The average Bonchev–Trinajstić information content (AvgIpc) is 2.69. The van der Waals surface area contributed by atoms with Gasteiger partial charge in [-0.25, -0.2) is 0 Å². The third-order valence-corrected chi connectivity index (χ3v) is 4.64. The van der Waals surface area contributed by atoms with Gasteiger partial charge in [-0.3, -0.25) is 0 Å². The Morgan fingerprint density at radius 1 is 0.964 bits per heavy atom. The Balaban J connectivity index is 1.87. The maximum absolute atomic E-state index is 12.4. The van der Waals surface area contributed by atoms with Gasteiger partial charge in [0, 0.05) is 11.3 Å². The van der Waals surface area contributed by atoms with Crippen LogP contribution in [-0.2, 0) is 6.42 Å². The van der Waals surface area contributed by atoms with E-state index in [1.165, 1.54) is 6.07 Å². The molecule has 0 aromatic heterocycles. The molecule has 0 amide bonds. The molecule has 0 aliphatic rings. The first-order chi connectivity index (χ1) is 13.4. The summed E-state index contributed by atoms with van der Waals surface area (Å²) in [6.07, 6.45) is -3.77. The predicted molar refractivity (Wildman–Crippen MR) is 104 cm³/mol. The van der Waals surface area contributed by atoms with Crippen LogP contribution in [0.3, 0.4) is 0 Å². The number of hydrogen-bond acceptors (Lipinski definition) is 3. The van der Waals surface area contributed by atoms with Crippen molar-refractivity contribution in [3.8, 4) is 11.5 Å². The fourth-order valence-electron chi connectivity index (χ4n) is 3.37. The fraction of sp³-hybridized carbons (Fsp3) is 0.273. The molecule has 3 nitrogen and oxygen atoms in total. The molecule has 2 N–H and O–H groups in total. The topological polar surface area (TPSA) is 44.5 Å². The summed E-state index contributed by atoms with van der Waals surface area (Å²) in [5.74, 6) is 0.997. The van der Waals surface area contributed by atoms with Gasteiger partial charge in [-0.15, -0.1) is 0 Å². The van der Waals surface area contributed by atoms with Gasteiger partial charge in [0.25, 0.3) is 0 Å². The monoisotopic (exact) mass is 389 g/mol. The van der Waals surface area contributed by atoms with E-state index in [2.05, 4.69) is 0 Å². The maximum atomic E-state index is 12.4. The van der Waals surface area contributed by atoms with E-state index < -0.39 is 12.8 Å². The molecule has 0 aliphatic heterocycles. The van der Waals surface area contributed by atoms with Crippen LogP contribution < -0.4 is 15.2 Å². The standard InChI is InChI=1S/C22H22F3NO2/c1-27-21-10-4-8-19-18(7-3-9-20(19)21)16(13-26)11-15-5-2-6-17(12-15)28-14-22(23,24)25/h2-10,12,16H,11,13-14,26H2,1H3. The van der Waals surface area contributed by atoms with Crippen LogP contribution in [0.1, 0.15) is 17.0 Å². The maximum Gasteiger partial charge on any atom is 0.422 e. The molecule has 6 heteroatoms. The third kappa shape index (κ3) is 4.75. The van der Waals surface area contributed by atoms with Gasteiger partial charge in [0.15, 0.2) is 6.61 Å². The van der Waals surface area contributed by atoms with Crippen molar-refractivity contribution in [2.24, 2.45) is 5.73 Å². The van der Waals surface area contributed by atoms with Crippen molar-refractivity contribution in [1.29, 1.82) is 0 Å². The van der Waals surface area contributed by atoms with Gasteiger partial charge in [0.05, 0.1) is 7.11 Å². The lowest BCUT2D eigenvalue weighted by molar-refractivity contribution is -0.153. The zero-order valence-electron chi connectivity index (χ0n) is 15.5. The summed E-state index contributed by atoms with van der Waals surface area (Å²) in [6.45, 7) is -0.899. The molecule has 3 rings (SSSR count). The molecule has 1 unspecified atom stereocenters. The van der Waals surface area contributed by atoms with Crippen LogP contribution in [-0.4, -0.2) is 26.4 Å². The van der Waals surface area contributed by atoms with Crippen LogP contribution >= 0.6 is 0 Å². The van der Waals surface area contributed by atoms with Crippen LogP contribution in [0.4, 0.5) is 13.2 Å². The Labute approximate surface area is 161 Å². The molecule has 0 saturated carbocycles. The van der Waals surface area contributed by atoms with Crippen molar-refractivity contribution in [2.45, 2.75) is 18.5 Å². The van der Waals surface area contributed by atoms with Gasteiger partial charge in [-0.1, -0.05) is 42.5 Å². The lowest BCUT2D eigenvalue weighted by Gasteiger charge is -2.19. The molecule has 28 heavy (non-hydrogen) atoms. The summed E-state index contributed by atoms with van der Waals surface area (Å²) >= 11 is 0. The minimum absolute atomic E-state index is 0.00803. The van der Waals surface area contributed by atoms with Gasteiger partial charge < -0.3 is 15.2 Å². The Bertz CT molecular complexity index is 940. The van der Waals surface area contributed by atoms with E-state index >= 15 is 0 Å². The molecular weight excluding hydrogens is 367 g/mol. The minimum Gasteiger partial charge on any atom is -0.496 e. The Kier molecular flexibility index (Phi) is 6.09. The summed E-state index contributed by atoms with van der Waals surface area (Å²) in [6, 6.07) is 18.6. The molecular formula is C22H22F3NO2. The molecule has 1 atom stereocenters. The van der Waals surface area contributed by atoms with Gasteiger partial charge in [-0.05, 0) is 47.7 Å². The van der Waals surface area contributed by atoms with Crippen LogP contribution in [0.15, 0.2) is 60.7 Å². The van der Waals surface area contributed by atoms with Gasteiger partial charge >= 0.3 is 6.18 Å². The lowest BCUT2D eigenvalue weighted by Crippen LogP contribution is -2.19. The van der Waals surface area contributed by atoms with Crippen molar-refractivity contribution in [1.82, 2.24) is 0 Å². The number of fused-ring (bicyclic) bond motifs is 1. The SMILES string of the molecule is COc1cccc2c(C(CN)Cc3cccc(OCC(F)(F)F)c3)cccc12.